The summed E-state index contributed by atoms with van der Waals surface area (Å²) in [7, 11) is 0. The van der Waals surface area contributed by atoms with Gasteiger partial charge >= 0.3 is 6.18 Å². The van der Waals surface area contributed by atoms with Crippen LogP contribution in [0.2, 0.25) is 5.02 Å². The fourth-order valence-electron chi connectivity index (χ4n) is 4.04. The summed E-state index contributed by atoms with van der Waals surface area (Å²) in [4.78, 5) is 12.6. The molecule has 1 N–H and O–H groups in total. The van der Waals surface area contributed by atoms with E-state index < -0.39 is 23.5 Å². The number of carbonyl (C=O) groups is 1. The minimum Gasteiger partial charge on any atom is -0.342 e. The van der Waals surface area contributed by atoms with Crippen molar-refractivity contribution in [1.29, 1.82) is 0 Å². The van der Waals surface area contributed by atoms with Crippen molar-refractivity contribution >= 4 is 45.7 Å². The molecule has 4 aromatic rings. The number of aromatic nitrogens is 1. The summed E-state index contributed by atoms with van der Waals surface area (Å²) in [5, 5.41) is 3.62. The van der Waals surface area contributed by atoms with Crippen molar-refractivity contribution in [3.8, 4) is 0 Å². The first-order chi connectivity index (χ1) is 15.7. The number of halogens is 5. The van der Waals surface area contributed by atoms with Crippen molar-refractivity contribution < 1.29 is 22.4 Å². The van der Waals surface area contributed by atoms with Gasteiger partial charge in [-0.2, -0.15) is 13.2 Å². The third kappa shape index (κ3) is 3.78. The second-order valence-electron chi connectivity index (χ2n) is 7.70. The van der Waals surface area contributed by atoms with Crippen molar-refractivity contribution in [1.82, 2.24) is 4.57 Å². The van der Waals surface area contributed by atoms with Gasteiger partial charge in [-0.15, -0.1) is 0 Å². The minimum absolute atomic E-state index is 0.114. The largest absolute Gasteiger partial charge is 0.416 e. The Morgan fingerprint density at radius 1 is 1.03 bits per heavy atom. The van der Waals surface area contributed by atoms with Gasteiger partial charge in [-0.25, -0.2) is 4.39 Å². The molecule has 3 aromatic carbocycles. The van der Waals surface area contributed by atoms with E-state index in [2.05, 4.69) is 5.32 Å². The summed E-state index contributed by atoms with van der Waals surface area (Å²) in [5.41, 5.74) is 1.74. The zero-order valence-electron chi connectivity index (χ0n) is 16.9. The van der Waals surface area contributed by atoms with E-state index in [1.54, 1.807) is 18.3 Å². The molecule has 0 unspecified atom stereocenters. The third-order valence-electron chi connectivity index (χ3n) is 5.64. The van der Waals surface area contributed by atoms with Crippen LogP contribution >= 0.6 is 11.6 Å². The van der Waals surface area contributed by atoms with Crippen LogP contribution in [0.5, 0.6) is 0 Å². The topological polar surface area (TPSA) is 34.0 Å². The fraction of sp³-hybridized carbons (Fsp3) is 0.0800. The predicted octanol–water partition coefficient (Wildman–Crippen LogP) is 6.99. The average Bonchev–Trinajstić information content (AvgIpc) is 3.27. The van der Waals surface area contributed by atoms with Crippen LogP contribution in [0.1, 0.15) is 22.3 Å². The minimum atomic E-state index is -4.51. The maximum Gasteiger partial charge on any atom is 0.416 e. The Balaban J connectivity index is 1.60. The van der Waals surface area contributed by atoms with Gasteiger partial charge in [0.1, 0.15) is 5.82 Å². The Kier molecular flexibility index (Phi) is 5.01. The maximum absolute atomic E-state index is 14.4. The van der Waals surface area contributed by atoms with E-state index in [0.29, 0.717) is 21.7 Å². The van der Waals surface area contributed by atoms with Gasteiger partial charge in [-0.3, -0.25) is 4.79 Å². The molecule has 0 bridgehead atoms. The zero-order valence-corrected chi connectivity index (χ0v) is 17.6. The van der Waals surface area contributed by atoms with Gasteiger partial charge in [0, 0.05) is 50.1 Å². The first-order valence-electron chi connectivity index (χ1n) is 9.98. The molecule has 0 aliphatic carbocycles. The smallest absolute Gasteiger partial charge is 0.342 e. The zero-order chi connectivity index (χ0) is 23.3. The number of para-hydroxylation sites is 1. The fourth-order valence-corrected chi connectivity index (χ4v) is 4.27. The molecule has 1 amide bonds. The summed E-state index contributed by atoms with van der Waals surface area (Å²) < 4.78 is 55.3. The van der Waals surface area contributed by atoms with E-state index in [1.165, 1.54) is 18.2 Å². The number of alkyl halides is 3. The van der Waals surface area contributed by atoms with Crippen molar-refractivity contribution in [2.75, 3.05) is 5.32 Å². The molecule has 0 radical (unpaired) electrons. The molecular weight excluding hydrogens is 456 g/mol. The lowest BCUT2D eigenvalue weighted by Crippen LogP contribution is -2.06. The molecule has 3 nitrogen and oxygen atoms in total. The number of nitrogens with zero attached hydrogens (tertiary/aromatic N) is 1. The average molecular weight is 471 g/mol. The van der Waals surface area contributed by atoms with Gasteiger partial charge in [0.25, 0.3) is 5.91 Å². The van der Waals surface area contributed by atoms with Crippen LogP contribution in [0, 0.1) is 5.82 Å². The highest BCUT2D eigenvalue weighted by atomic mass is 35.5. The summed E-state index contributed by atoms with van der Waals surface area (Å²) in [6.07, 6.45) is -1.10. The second kappa shape index (κ2) is 7.78. The SMILES string of the molecule is O=C1Nc2cc(C(F)(F)F)ccc2/C1=C\c1cn(Cc2c(F)cccc2Cl)c2ccccc12. The molecule has 1 aromatic heterocycles. The van der Waals surface area contributed by atoms with E-state index in [0.717, 1.165) is 23.0 Å². The molecular formula is C25H15ClF4N2O. The van der Waals surface area contributed by atoms with Crippen molar-refractivity contribution in [3.05, 3.63) is 100.0 Å². The molecule has 166 valence electrons. The Hall–Kier alpha value is -3.58. The quantitative estimate of drug-likeness (QED) is 0.254. The van der Waals surface area contributed by atoms with Crippen molar-refractivity contribution in [2.24, 2.45) is 0 Å². The molecule has 8 heteroatoms. The monoisotopic (exact) mass is 470 g/mol. The molecule has 0 saturated carbocycles. The van der Waals surface area contributed by atoms with E-state index >= 15 is 0 Å². The summed E-state index contributed by atoms with van der Waals surface area (Å²) >= 11 is 6.20. The molecule has 33 heavy (non-hydrogen) atoms. The maximum atomic E-state index is 14.4. The highest BCUT2D eigenvalue weighted by Crippen LogP contribution is 2.39. The van der Waals surface area contributed by atoms with Crippen LogP contribution in [0.25, 0.3) is 22.6 Å². The molecule has 2 heterocycles. The number of benzene rings is 3. The van der Waals surface area contributed by atoms with Crippen LogP contribution in [-0.2, 0) is 17.5 Å². The number of amides is 1. The number of anilines is 1. The number of carbonyl (C=O) groups excluding carboxylic acids is 1. The van der Waals surface area contributed by atoms with Gasteiger partial charge in [0.05, 0.1) is 12.1 Å². The summed E-state index contributed by atoms with van der Waals surface area (Å²) in [5.74, 6) is -0.914. The molecule has 1 aliphatic heterocycles. The number of fused-ring (bicyclic) bond motifs is 2. The predicted molar refractivity (Wildman–Crippen MR) is 120 cm³/mol. The first kappa shape index (κ1) is 21.3. The summed E-state index contributed by atoms with van der Waals surface area (Å²) in [6.45, 7) is 0.174. The number of hydrogen-bond acceptors (Lipinski definition) is 1. The standard InChI is InChI=1S/C25H15ClF4N2O/c26-20-5-3-6-21(27)19(20)13-32-12-14(16-4-1-2-7-23(16)32)10-18-17-9-8-15(25(28,29)30)11-22(17)31-24(18)33/h1-12H,13H2,(H,31,33)/b18-10+. The molecule has 0 fully saturated rings. The lowest BCUT2D eigenvalue weighted by Gasteiger charge is -2.08. The van der Waals surface area contributed by atoms with E-state index in [9.17, 15) is 22.4 Å². The van der Waals surface area contributed by atoms with Crippen LogP contribution in [0.3, 0.4) is 0 Å². The second-order valence-corrected chi connectivity index (χ2v) is 8.11. The van der Waals surface area contributed by atoms with Crippen molar-refractivity contribution in [2.45, 2.75) is 12.7 Å². The number of hydrogen-bond donors (Lipinski definition) is 1. The van der Waals surface area contributed by atoms with Crippen LogP contribution < -0.4 is 5.32 Å². The van der Waals surface area contributed by atoms with Gasteiger partial charge in [0.2, 0.25) is 0 Å². The van der Waals surface area contributed by atoms with E-state index in [1.807, 2.05) is 28.8 Å². The van der Waals surface area contributed by atoms with Crippen LogP contribution in [-0.4, -0.2) is 10.5 Å². The van der Waals surface area contributed by atoms with Gasteiger partial charge < -0.3 is 9.88 Å². The van der Waals surface area contributed by atoms with Crippen LogP contribution in [0.15, 0.2) is 66.9 Å². The Labute approximate surface area is 190 Å². The molecule has 1 aliphatic rings. The number of rotatable bonds is 3. The highest BCUT2D eigenvalue weighted by molar-refractivity contribution is 6.35. The van der Waals surface area contributed by atoms with Gasteiger partial charge in [-0.05, 0) is 36.4 Å². The Morgan fingerprint density at radius 2 is 1.82 bits per heavy atom. The van der Waals surface area contributed by atoms with Crippen molar-refractivity contribution in [3.63, 3.8) is 0 Å². The van der Waals surface area contributed by atoms with Crippen LogP contribution in [0.4, 0.5) is 23.2 Å². The Bertz CT molecular complexity index is 1430. The third-order valence-corrected chi connectivity index (χ3v) is 5.99. The normalized spacial score (nSPS) is 14.7. The first-order valence-corrected chi connectivity index (χ1v) is 10.4. The van der Waals surface area contributed by atoms with E-state index in [4.69, 9.17) is 11.6 Å². The Morgan fingerprint density at radius 3 is 2.58 bits per heavy atom. The molecule has 5 rings (SSSR count). The van der Waals surface area contributed by atoms with E-state index in [-0.39, 0.29) is 17.8 Å². The lowest BCUT2D eigenvalue weighted by atomic mass is 10.0. The highest BCUT2D eigenvalue weighted by Gasteiger charge is 2.33. The molecule has 0 spiro atoms. The van der Waals surface area contributed by atoms with Gasteiger partial charge in [-0.1, -0.05) is 41.9 Å². The lowest BCUT2D eigenvalue weighted by molar-refractivity contribution is -0.137. The summed E-state index contributed by atoms with van der Waals surface area (Å²) in [6, 6.07) is 15.1. The number of nitrogens with one attached hydrogen (secondary N) is 1. The molecule has 0 saturated heterocycles. The van der Waals surface area contributed by atoms with Gasteiger partial charge in [0.15, 0.2) is 0 Å². The molecule has 0 atom stereocenters.